The molecular formula is C13H17ClN2O2. The van der Waals surface area contributed by atoms with Crippen molar-refractivity contribution >= 4 is 17.5 Å². The van der Waals surface area contributed by atoms with Crippen molar-refractivity contribution in [2.75, 3.05) is 13.2 Å². The number of hydrogen-bond donors (Lipinski definition) is 2. The summed E-state index contributed by atoms with van der Waals surface area (Å²) >= 11 is 5.91. The highest BCUT2D eigenvalue weighted by Gasteiger charge is 2.26. The van der Waals surface area contributed by atoms with Crippen LogP contribution in [0.1, 0.15) is 29.6 Å². The first-order valence-corrected chi connectivity index (χ1v) is 6.58. The van der Waals surface area contributed by atoms with E-state index < -0.39 is 0 Å². The second-order valence-corrected chi connectivity index (χ2v) is 5.11. The Kier molecular flexibility index (Phi) is 4.55. The van der Waals surface area contributed by atoms with E-state index in [9.17, 15) is 9.90 Å². The Labute approximate surface area is 111 Å². The summed E-state index contributed by atoms with van der Waals surface area (Å²) in [5.41, 5.74) is 0.449. The molecule has 98 valence electrons. The van der Waals surface area contributed by atoms with Gasteiger partial charge in [0.15, 0.2) is 0 Å². The zero-order valence-corrected chi connectivity index (χ0v) is 10.9. The molecule has 5 heteroatoms. The molecule has 1 aliphatic carbocycles. The van der Waals surface area contributed by atoms with Crippen LogP contribution in [0.2, 0.25) is 5.02 Å². The van der Waals surface area contributed by atoms with E-state index in [1.54, 1.807) is 12.3 Å². The first kappa shape index (κ1) is 13.3. The number of nitrogens with zero attached hydrogens (tertiary/aromatic N) is 1. The third-order valence-corrected chi connectivity index (χ3v) is 3.89. The monoisotopic (exact) mass is 268 g/mol. The summed E-state index contributed by atoms with van der Waals surface area (Å²) in [6.07, 6.45) is 6.25. The lowest BCUT2D eigenvalue weighted by molar-refractivity contribution is 0.0938. The van der Waals surface area contributed by atoms with Crippen molar-refractivity contribution in [3.05, 3.63) is 29.0 Å². The van der Waals surface area contributed by atoms with Gasteiger partial charge < -0.3 is 10.4 Å². The maximum atomic E-state index is 11.9. The van der Waals surface area contributed by atoms with Crippen LogP contribution < -0.4 is 5.32 Å². The van der Waals surface area contributed by atoms with Crippen LogP contribution in [0.25, 0.3) is 0 Å². The second kappa shape index (κ2) is 6.16. The van der Waals surface area contributed by atoms with Gasteiger partial charge in [0.1, 0.15) is 0 Å². The highest BCUT2D eigenvalue weighted by molar-refractivity contribution is 6.33. The normalized spacial score (nSPS) is 23.0. The van der Waals surface area contributed by atoms with E-state index >= 15 is 0 Å². The molecule has 0 aromatic carbocycles. The van der Waals surface area contributed by atoms with Crippen molar-refractivity contribution < 1.29 is 9.90 Å². The molecule has 0 aliphatic heterocycles. The Morgan fingerprint density at radius 2 is 2.28 bits per heavy atom. The van der Waals surface area contributed by atoms with E-state index in [0.29, 0.717) is 29.0 Å². The summed E-state index contributed by atoms with van der Waals surface area (Å²) in [7, 11) is 0. The number of aromatic nitrogens is 1. The molecule has 1 aromatic heterocycles. The Hall–Kier alpha value is -1.13. The third-order valence-electron chi connectivity index (χ3n) is 3.59. The first-order valence-electron chi connectivity index (χ1n) is 6.21. The van der Waals surface area contributed by atoms with Crippen molar-refractivity contribution in [2.45, 2.75) is 19.3 Å². The van der Waals surface area contributed by atoms with Crippen LogP contribution in [0.4, 0.5) is 0 Å². The molecule has 1 aromatic rings. The molecule has 1 heterocycles. The number of carbonyl (C=O) groups is 1. The Morgan fingerprint density at radius 3 is 3.00 bits per heavy atom. The van der Waals surface area contributed by atoms with Gasteiger partial charge >= 0.3 is 0 Å². The van der Waals surface area contributed by atoms with E-state index in [0.717, 1.165) is 19.3 Å². The molecule has 1 fully saturated rings. The van der Waals surface area contributed by atoms with E-state index in [1.807, 2.05) is 0 Å². The minimum absolute atomic E-state index is 0.175. The maximum Gasteiger partial charge on any atom is 0.252 e. The molecular weight excluding hydrogens is 252 g/mol. The zero-order valence-electron chi connectivity index (χ0n) is 10.1. The fraction of sp³-hybridized carbons (Fsp3) is 0.538. The van der Waals surface area contributed by atoms with Gasteiger partial charge in [0, 0.05) is 25.5 Å². The Balaban J connectivity index is 1.91. The summed E-state index contributed by atoms with van der Waals surface area (Å²) < 4.78 is 0. The van der Waals surface area contributed by atoms with Crippen LogP contribution in [0.3, 0.4) is 0 Å². The fourth-order valence-corrected chi connectivity index (χ4v) is 2.71. The van der Waals surface area contributed by atoms with Crippen LogP contribution in [0.15, 0.2) is 18.5 Å². The highest BCUT2D eigenvalue weighted by atomic mass is 35.5. The van der Waals surface area contributed by atoms with Crippen molar-refractivity contribution in [2.24, 2.45) is 11.8 Å². The molecule has 4 nitrogen and oxygen atoms in total. The summed E-state index contributed by atoms with van der Waals surface area (Å²) in [5.74, 6) is 0.517. The highest BCUT2D eigenvalue weighted by Crippen LogP contribution is 2.30. The number of aliphatic hydroxyl groups is 1. The van der Waals surface area contributed by atoms with Gasteiger partial charge in [0.25, 0.3) is 5.91 Å². The molecule has 0 bridgehead atoms. The van der Waals surface area contributed by atoms with Gasteiger partial charge in [-0.25, -0.2) is 0 Å². The van der Waals surface area contributed by atoms with Gasteiger partial charge in [0.05, 0.1) is 10.6 Å². The zero-order chi connectivity index (χ0) is 13.0. The minimum atomic E-state index is -0.175. The number of pyridine rings is 1. The topological polar surface area (TPSA) is 62.2 Å². The van der Waals surface area contributed by atoms with Gasteiger partial charge in [-0.3, -0.25) is 9.78 Å². The van der Waals surface area contributed by atoms with Crippen LogP contribution in [-0.4, -0.2) is 29.1 Å². The standard InChI is InChI=1S/C13H17ClN2O2/c14-12-7-15-5-4-11(12)13(18)16-6-9-2-1-3-10(9)8-17/h4-5,7,9-10,17H,1-3,6,8H2,(H,16,18). The molecule has 1 aliphatic rings. The van der Waals surface area contributed by atoms with Gasteiger partial charge in [0.2, 0.25) is 0 Å². The summed E-state index contributed by atoms with van der Waals surface area (Å²) in [5, 5.41) is 12.5. The smallest absolute Gasteiger partial charge is 0.252 e. The average Bonchev–Trinajstić information content (AvgIpc) is 2.84. The van der Waals surface area contributed by atoms with Crippen LogP contribution in [0.5, 0.6) is 0 Å². The maximum absolute atomic E-state index is 11.9. The summed E-state index contributed by atoms with van der Waals surface area (Å²) in [6.45, 7) is 0.805. The average molecular weight is 269 g/mol. The van der Waals surface area contributed by atoms with Crippen LogP contribution in [0, 0.1) is 11.8 Å². The Morgan fingerprint density at radius 1 is 1.50 bits per heavy atom. The molecule has 2 atom stereocenters. The lowest BCUT2D eigenvalue weighted by Crippen LogP contribution is -2.31. The number of rotatable bonds is 4. The van der Waals surface area contributed by atoms with E-state index in [2.05, 4.69) is 10.3 Å². The number of halogens is 1. The van der Waals surface area contributed by atoms with Gasteiger partial charge in [-0.05, 0) is 30.7 Å². The predicted octanol–water partition coefficient (Wildman–Crippen LogP) is 1.87. The number of amides is 1. The molecule has 1 saturated carbocycles. The third kappa shape index (κ3) is 3.00. The van der Waals surface area contributed by atoms with Gasteiger partial charge in [-0.15, -0.1) is 0 Å². The van der Waals surface area contributed by atoms with Crippen LogP contribution in [-0.2, 0) is 0 Å². The minimum Gasteiger partial charge on any atom is -0.396 e. The lowest BCUT2D eigenvalue weighted by Gasteiger charge is -2.17. The van der Waals surface area contributed by atoms with Crippen molar-refractivity contribution in [1.82, 2.24) is 10.3 Å². The molecule has 1 amide bonds. The van der Waals surface area contributed by atoms with Gasteiger partial charge in [-0.1, -0.05) is 18.0 Å². The number of nitrogens with one attached hydrogen (secondary N) is 1. The molecule has 0 spiro atoms. The number of carbonyl (C=O) groups excluding carboxylic acids is 1. The van der Waals surface area contributed by atoms with E-state index in [4.69, 9.17) is 11.6 Å². The predicted molar refractivity (Wildman–Crippen MR) is 69.5 cm³/mol. The van der Waals surface area contributed by atoms with Crippen LogP contribution >= 0.6 is 11.6 Å². The molecule has 0 saturated heterocycles. The molecule has 2 rings (SSSR count). The SMILES string of the molecule is O=C(NCC1CCCC1CO)c1ccncc1Cl. The molecule has 2 N–H and O–H groups in total. The second-order valence-electron chi connectivity index (χ2n) is 4.70. The van der Waals surface area contributed by atoms with E-state index in [1.165, 1.54) is 6.20 Å². The number of aliphatic hydroxyl groups excluding tert-OH is 1. The Bertz CT molecular complexity index is 425. The largest absolute Gasteiger partial charge is 0.396 e. The van der Waals surface area contributed by atoms with Crippen molar-refractivity contribution in [3.63, 3.8) is 0 Å². The lowest BCUT2D eigenvalue weighted by atomic mass is 9.97. The quantitative estimate of drug-likeness (QED) is 0.876. The van der Waals surface area contributed by atoms with Crippen molar-refractivity contribution in [1.29, 1.82) is 0 Å². The fourth-order valence-electron chi connectivity index (χ4n) is 2.50. The molecule has 18 heavy (non-hydrogen) atoms. The summed E-state index contributed by atoms with van der Waals surface area (Å²) in [6, 6.07) is 1.61. The summed E-state index contributed by atoms with van der Waals surface area (Å²) in [4.78, 5) is 15.8. The first-order chi connectivity index (χ1) is 8.72. The molecule has 2 unspecified atom stereocenters. The van der Waals surface area contributed by atoms with E-state index in [-0.39, 0.29) is 12.5 Å². The number of hydrogen-bond acceptors (Lipinski definition) is 3. The van der Waals surface area contributed by atoms with Gasteiger partial charge in [-0.2, -0.15) is 0 Å². The molecule has 0 radical (unpaired) electrons. The van der Waals surface area contributed by atoms with Crippen molar-refractivity contribution in [3.8, 4) is 0 Å².